The summed E-state index contributed by atoms with van der Waals surface area (Å²) in [4.78, 5) is 24.5. The van der Waals surface area contributed by atoms with Gasteiger partial charge in [0.15, 0.2) is 0 Å². The fraction of sp³-hybridized carbons (Fsp3) is 0.143. The van der Waals surface area contributed by atoms with Crippen LogP contribution in [-0.2, 0) is 4.79 Å². The quantitative estimate of drug-likeness (QED) is 0.387. The van der Waals surface area contributed by atoms with Crippen molar-refractivity contribution in [2.75, 3.05) is 0 Å². The largest absolute Gasteiger partial charge is 0.446 e. The Kier molecular flexibility index (Phi) is 6.61. The molecule has 1 unspecified atom stereocenters. The molecule has 0 fully saturated rings. The standard InChI is InChI=1S/C19H13N7.C2HF3O/c1-2-13-7-14(9-21-8-13)17(3-5-20)26-11-15(10-25-26)18-16-4-6-22-19(16)24-12-23-18;3-2(4,5)1-6/h1,4,6-12,17H,3H2,(H,22,23,24);1H. The van der Waals surface area contributed by atoms with Crippen molar-refractivity contribution in [1.82, 2.24) is 29.7 Å². The van der Waals surface area contributed by atoms with Gasteiger partial charge in [-0.1, -0.05) is 5.92 Å². The highest BCUT2D eigenvalue weighted by atomic mass is 19.4. The topological polar surface area (TPSA) is 113 Å². The summed E-state index contributed by atoms with van der Waals surface area (Å²) in [5, 5.41) is 14.6. The number of hydrogen-bond donors (Lipinski definition) is 1. The van der Waals surface area contributed by atoms with Crippen LogP contribution in [0.4, 0.5) is 13.2 Å². The molecule has 0 bridgehead atoms. The molecule has 8 nitrogen and oxygen atoms in total. The van der Waals surface area contributed by atoms with Crippen LogP contribution in [0.15, 0.2) is 49.4 Å². The van der Waals surface area contributed by atoms with E-state index in [4.69, 9.17) is 11.2 Å². The second-order valence-electron chi connectivity index (χ2n) is 6.36. The zero-order chi connectivity index (χ0) is 23.1. The van der Waals surface area contributed by atoms with Crippen molar-refractivity contribution in [2.45, 2.75) is 18.6 Å². The number of H-pyrrole nitrogens is 1. The van der Waals surface area contributed by atoms with Crippen LogP contribution in [0.2, 0.25) is 0 Å². The summed E-state index contributed by atoms with van der Waals surface area (Å²) in [6.07, 6.45) is 10.3. The molecule has 0 amide bonds. The molecule has 1 atom stereocenters. The number of halogens is 3. The number of aldehydes is 1. The molecule has 4 aromatic heterocycles. The number of fused-ring (bicyclic) bond motifs is 1. The second-order valence-corrected chi connectivity index (χ2v) is 6.36. The van der Waals surface area contributed by atoms with E-state index in [1.54, 1.807) is 23.3 Å². The van der Waals surface area contributed by atoms with Crippen LogP contribution in [0.3, 0.4) is 0 Å². The first-order valence-electron chi connectivity index (χ1n) is 9.00. The van der Waals surface area contributed by atoms with Gasteiger partial charge >= 0.3 is 6.18 Å². The van der Waals surface area contributed by atoms with Gasteiger partial charge in [-0.05, 0) is 17.7 Å². The zero-order valence-electron chi connectivity index (χ0n) is 16.3. The van der Waals surface area contributed by atoms with E-state index in [9.17, 15) is 18.4 Å². The van der Waals surface area contributed by atoms with E-state index in [-0.39, 0.29) is 12.5 Å². The third kappa shape index (κ3) is 5.15. The average Bonchev–Trinajstić information content (AvgIpc) is 3.47. The first-order valence-corrected chi connectivity index (χ1v) is 9.00. The normalized spacial score (nSPS) is 11.7. The Morgan fingerprint density at radius 1 is 1.28 bits per heavy atom. The molecule has 160 valence electrons. The van der Waals surface area contributed by atoms with Gasteiger partial charge < -0.3 is 4.98 Å². The Labute approximate surface area is 179 Å². The number of nitriles is 1. The molecule has 4 rings (SSSR count). The number of nitrogens with zero attached hydrogens (tertiary/aromatic N) is 6. The molecule has 0 aliphatic rings. The maximum absolute atomic E-state index is 10.4. The van der Waals surface area contributed by atoms with Gasteiger partial charge in [0, 0.05) is 41.3 Å². The Bertz CT molecular complexity index is 1310. The van der Waals surface area contributed by atoms with Gasteiger partial charge in [0.25, 0.3) is 0 Å². The molecular weight excluding hydrogens is 423 g/mol. The number of alkyl halides is 3. The highest BCUT2D eigenvalue weighted by Gasteiger charge is 2.25. The van der Waals surface area contributed by atoms with E-state index in [1.807, 2.05) is 24.5 Å². The van der Waals surface area contributed by atoms with E-state index in [1.165, 1.54) is 6.33 Å². The summed E-state index contributed by atoms with van der Waals surface area (Å²) < 4.78 is 33.0. The van der Waals surface area contributed by atoms with Crippen LogP contribution in [0.1, 0.15) is 23.6 Å². The predicted octanol–water partition coefficient (Wildman–Crippen LogP) is 3.45. The van der Waals surface area contributed by atoms with E-state index >= 15 is 0 Å². The van der Waals surface area contributed by atoms with Crippen molar-refractivity contribution >= 4 is 17.3 Å². The molecule has 4 heterocycles. The Morgan fingerprint density at radius 2 is 2.06 bits per heavy atom. The lowest BCUT2D eigenvalue weighted by atomic mass is 10.0. The van der Waals surface area contributed by atoms with Crippen molar-refractivity contribution in [3.63, 3.8) is 0 Å². The number of carbonyl (C=O) groups excluding carboxylic acids is 1. The molecular formula is C21H14F3N7O. The smallest absolute Gasteiger partial charge is 0.346 e. The van der Waals surface area contributed by atoms with E-state index < -0.39 is 12.5 Å². The molecule has 0 saturated carbocycles. The van der Waals surface area contributed by atoms with Gasteiger partial charge in [0.05, 0.1) is 30.4 Å². The van der Waals surface area contributed by atoms with Crippen molar-refractivity contribution in [3.05, 3.63) is 60.6 Å². The van der Waals surface area contributed by atoms with Crippen molar-refractivity contribution < 1.29 is 18.0 Å². The lowest BCUT2D eigenvalue weighted by Gasteiger charge is -2.14. The minimum absolute atomic E-state index is 0.250. The minimum Gasteiger partial charge on any atom is -0.346 e. The number of hydrogen-bond acceptors (Lipinski definition) is 6. The summed E-state index contributed by atoms with van der Waals surface area (Å²) >= 11 is 0. The number of carbonyl (C=O) groups is 1. The van der Waals surface area contributed by atoms with Crippen LogP contribution < -0.4 is 0 Å². The fourth-order valence-electron chi connectivity index (χ4n) is 2.90. The third-order valence-corrected chi connectivity index (χ3v) is 4.28. The van der Waals surface area contributed by atoms with Crippen molar-refractivity contribution in [3.8, 4) is 29.7 Å². The van der Waals surface area contributed by atoms with Gasteiger partial charge in [0.2, 0.25) is 6.29 Å². The monoisotopic (exact) mass is 437 g/mol. The van der Waals surface area contributed by atoms with Crippen LogP contribution >= 0.6 is 0 Å². The van der Waals surface area contributed by atoms with Gasteiger partial charge in [-0.25, -0.2) is 9.97 Å². The highest BCUT2D eigenvalue weighted by molar-refractivity contribution is 5.89. The van der Waals surface area contributed by atoms with Gasteiger partial charge in [0.1, 0.15) is 12.0 Å². The molecule has 0 spiro atoms. The van der Waals surface area contributed by atoms with Crippen molar-refractivity contribution in [1.29, 1.82) is 5.26 Å². The van der Waals surface area contributed by atoms with Gasteiger partial charge in [-0.2, -0.15) is 23.5 Å². The summed E-state index contributed by atoms with van der Waals surface area (Å²) in [6.45, 7) is 0. The van der Waals surface area contributed by atoms with Crippen LogP contribution in [0.5, 0.6) is 0 Å². The van der Waals surface area contributed by atoms with Crippen LogP contribution in [-0.4, -0.2) is 42.2 Å². The van der Waals surface area contributed by atoms with Crippen molar-refractivity contribution in [2.24, 2.45) is 0 Å². The molecule has 0 aliphatic carbocycles. The lowest BCUT2D eigenvalue weighted by Crippen LogP contribution is -2.11. The molecule has 11 heteroatoms. The lowest BCUT2D eigenvalue weighted by molar-refractivity contribution is -0.156. The van der Waals surface area contributed by atoms with Crippen LogP contribution in [0.25, 0.3) is 22.3 Å². The maximum atomic E-state index is 10.4. The number of rotatable bonds is 4. The molecule has 0 aliphatic heterocycles. The van der Waals surface area contributed by atoms with Crippen LogP contribution in [0, 0.1) is 23.7 Å². The van der Waals surface area contributed by atoms with Gasteiger partial charge in [-0.15, -0.1) is 6.42 Å². The summed E-state index contributed by atoms with van der Waals surface area (Å²) in [6, 6.07) is 5.70. The summed E-state index contributed by atoms with van der Waals surface area (Å²) in [7, 11) is 0. The SMILES string of the molecule is C#Cc1cncc(C(CC#N)n2cc(-c3ncnc4[nH]ccc34)cn2)c1.O=CC(F)(F)F. The maximum Gasteiger partial charge on any atom is 0.446 e. The summed E-state index contributed by atoms with van der Waals surface area (Å²) in [5.74, 6) is 2.57. The van der Waals surface area contributed by atoms with Gasteiger partial charge in [-0.3, -0.25) is 14.5 Å². The highest BCUT2D eigenvalue weighted by Crippen LogP contribution is 2.27. The zero-order valence-corrected chi connectivity index (χ0v) is 16.3. The minimum atomic E-state index is -4.64. The first-order chi connectivity index (χ1) is 15.4. The molecule has 4 aromatic rings. The number of nitrogens with one attached hydrogen (secondary N) is 1. The second kappa shape index (κ2) is 9.53. The molecule has 0 saturated heterocycles. The van der Waals surface area contributed by atoms with E-state index in [2.05, 4.69) is 37.0 Å². The number of terminal acetylenes is 1. The third-order valence-electron chi connectivity index (χ3n) is 4.28. The molecule has 1 N–H and O–H groups in total. The number of pyridine rings is 1. The summed E-state index contributed by atoms with van der Waals surface area (Å²) in [5.41, 5.74) is 3.91. The Morgan fingerprint density at radius 3 is 2.75 bits per heavy atom. The predicted molar refractivity (Wildman–Crippen MR) is 108 cm³/mol. The number of aromatic nitrogens is 6. The average molecular weight is 437 g/mol. The molecule has 32 heavy (non-hydrogen) atoms. The Balaban J connectivity index is 0.000000427. The molecule has 0 radical (unpaired) electrons. The van der Waals surface area contributed by atoms with E-state index in [0.29, 0.717) is 5.56 Å². The fourth-order valence-corrected chi connectivity index (χ4v) is 2.90. The molecule has 0 aromatic carbocycles. The first kappa shape index (κ1) is 22.2. The Hall–Kier alpha value is -4.51. The number of aromatic amines is 1. The van der Waals surface area contributed by atoms with E-state index in [0.717, 1.165) is 27.9 Å².